The molecule has 8 fully saturated rings. The van der Waals surface area contributed by atoms with Gasteiger partial charge in [0.2, 0.25) is 0 Å². The average Bonchev–Trinajstić information content (AvgIpc) is 3.38. The minimum absolute atomic E-state index is 0.0117. The first kappa shape index (κ1) is 58.4. The van der Waals surface area contributed by atoms with Crippen LogP contribution in [-0.2, 0) is 47.4 Å². The summed E-state index contributed by atoms with van der Waals surface area (Å²) in [4.78, 5) is 13.2. The molecule has 0 aromatic rings. The SMILES string of the molecule is O=C(C=CC1CCC(O[C@@H]2O[C@H](CO)[C@@H](O)[C@H](O)[C@H]2O)CC1)OC[C@H]1O[C@@H](OC2CC3C(O[C@@H]4O[C@H](CO)[C@@H](O)[C@H](O)[C@H]4O)CC(O)CC3[OH+]C2C2CCC(O)C(O)C2)[C@H](O[C@@H]2OC[C@@H](O)[C@H](O)[C@H]2O)[C@@H](O)[C@@H]1O. The molecule has 0 aromatic heterocycles. The molecule has 0 aromatic carbocycles. The van der Waals surface area contributed by atoms with Crippen LogP contribution in [0, 0.1) is 17.8 Å². The Kier molecular flexibility index (Phi) is 20.2. The van der Waals surface area contributed by atoms with Crippen LogP contribution in [0.3, 0.4) is 0 Å². The van der Waals surface area contributed by atoms with Gasteiger partial charge in [0.1, 0.15) is 104 Å². The molecule has 426 valence electrons. The molecule has 74 heavy (non-hydrogen) atoms. The van der Waals surface area contributed by atoms with Crippen LogP contribution < -0.4 is 0 Å². The highest BCUT2D eigenvalue weighted by Gasteiger charge is 2.58. The molecular weight excluding hydrogens is 996 g/mol. The molecule has 5 saturated heterocycles. The van der Waals surface area contributed by atoms with Gasteiger partial charge in [0.05, 0.1) is 56.3 Å². The Labute approximate surface area is 425 Å². The van der Waals surface area contributed by atoms with Gasteiger partial charge in [-0.25, -0.2) is 4.79 Å². The molecule has 0 bridgehead atoms. The lowest BCUT2D eigenvalue weighted by atomic mass is 9.72. The number of hydrogen-bond acceptors (Lipinski definition) is 26. The van der Waals surface area contributed by atoms with E-state index in [9.17, 15) is 86.5 Å². The van der Waals surface area contributed by atoms with Crippen LogP contribution in [0.5, 0.6) is 0 Å². The van der Waals surface area contributed by atoms with E-state index in [0.717, 1.165) is 0 Å². The van der Waals surface area contributed by atoms with E-state index in [-0.39, 0.29) is 38.0 Å². The molecule has 0 radical (unpaired) electrons. The van der Waals surface area contributed by atoms with Gasteiger partial charge in [-0.15, -0.1) is 0 Å². The lowest BCUT2D eigenvalue weighted by molar-refractivity contribution is -0.385. The molecule has 28 atom stereocenters. The average molecular weight is 1070 g/mol. The third-order valence-corrected chi connectivity index (χ3v) is 16.2. The second-order valence-electron chi connectivity index (χ2n) is 21.2. The summed E-state index contributed by atoms with van der Waals surface area (Å²) in [6, 6.07) is 0. The van der Waals surface area contributed by atoms with Crippen LogP contribution in [0.1, 0.15) is 64.2 Å². The molecule has 5 aliphatic heterocycles. The van der Waals surface area contributed by atoms with Gasteiger partial charge < -0.3 is 129 Å². The van der Waals surface area contributed by atoms with Crippen molar-refractivity contribution in [1.82, 2.24) is 0 Å². The summed E-state index contributed by atoms with van der Waals surface area (Å²) in [7, 11) is 0. The quantitative estimate of drug-likeness (QED) is 0.0411. The van der Waals surface area contributed by atoms with Crippen molar-refractivity contribution in [2.24, 2.45) is 17.8 Å². The van der Waals surface area contributed by atoms with Crippen LogP contribution >= 0.6 is 0 Å². The van der Waals surface area contributed by atoms with Gasteiger partial charge in [0.25, 0.3) is 0 Å². The Morgan fingerprint density at radius 2 is 1.12 bits per heavy atom. The molecule has 3 aliphatic carbocycles. The van der Waals surface area contributed by atoms with Gasteiger partial charge in [-0.2, -0.15) is 0 Å². The molecule has 9 unspecified atom stereocenters. The molecule has 0 amide bonds. The van der Waals surface area contributed by atoms with Gasteiger partial charge >= 0.3 is 5.97 Å². The third-order valence-electron chi connectivity index (χ3n) is 16.2. The van der Waals surface area contributed by atoms with E-state index in [1.54, 1.807) is 6.08 Å². The van der Waals surface area contributed by atoms with Crippen molar-refractivity contribution in [2.75, 3.05) is 26.4 Å². The van der Waals surface area contributed by atoms with Crippen molar-refractivity contribution in [1.29, 1.82) is 0 Å². The third kappa shape index (κ3) is 13.1. The summed E-state index contributed by atoms with van der Waals surface area (Å²) in [6.45, 7) is -2.45. The number of aliphatic hydroxyl groups is 18. The maximum absolute atomic E-state index is 13.2. The van der Waals surface area contributed by atoms with Crippen LogP contribution in [-0.4, -0.2) is 284 Å². The fourth-order valence-electron chi connectivity index (χ4n) is 11.7. The topological polar surface area (TPSA) is 437 Å². The minimum atomic E-state index is -1.92. The van der Waals surface area contributed by atoms with Crippen molar-refractivity contribution >= 4 is 5.97 Å². The van der Waals surface area contributed by atoms with Crippen molar-refractivity contribution in [3.05, 3.63) is 12.2 Å². The number of ether oxygens (including phenoxy) is 10. The van der Waals surface area contributed by atoms with E-state index in [1.807, 2.05) is 0 Å². The molecule has 27 nitrogen and oxygen atoms in total. The van der Waals surface area contributed by atoms with E-state index in [4.69, 9.17) is 47.4 Å². The Balaban J connectivity index is 0.969. The van der Waals surface area contributed by atoms with Gasteiger partial charge in [0.15, 0.2) is 37.4 Å². The smallest absolute Gasteiger partial charge is 0.330 e. The molecule has 0 spiro atoms. The van der Waals surface area contributed by atoms with Crippen molar-refractivity contribution < 1.29 is 134 Å². The first-order valence-electron chi connectivity index (χ1n) is 25.8. The Bertz CT molecular complexity index is 1790. The number of carbonyl (C=O) groups excluding carboxylic acids is 1. The first-order chi connectivity index (χ1) is 35.3. The summed E-state index contributed by atoms with van der Waals surface area (Å²) in [6.07, 6.45) is -31.8. The highest BCUT2D eigenvalue weighted by atomic mass is 16.8. The van der Waals surface area contributed by atoms with Gasteiger partial charge in [-0.3, -0.25) is 0 Å². The number of fused-ring (bicyclic) bond motifs is 1. The molecule has 17 N–H and O–H groups in total. The summed E-state index contributed by atoms with van der Waals surface area (Å²) >= 11 is 0. The molecule has 5 heterocycles. The van der Waals surface area contributed by atoms with Crippen LogP contribution in [0.2, 0.25) is 0 Å². The molecule has 8 rings (SSSR count). The summed E-state index contributed by atoms with van der Waals surface area (Å²) < 4.78 is 58.4. The second-order valence-corrected chi connectivity index (χ2v) is 21.2. The van der Waals surface area contributed by atoms with Crippen LogP contribution in [0.4, 0.5) is 0 Å². The zero-order valence-electron chi connectivity index (χ0n) is 40.6. The monoisotopic (exact) mass is 1070 g/mol. The van der Waals surface area contributed by atoms with Crippen molar-refractivity contribution in [3.8, 4) is 0 Å². The molecule has 27 heteroatoms. The molecule has 3 saturated carbocycles. The number of allylic oxidation sites excluding steroid dienone is 1. The lowest BCUT2D eigenvalue weighted by Crippen LogP contribution is -2.65. The molecular formula is C47H77O27+. The number of rotatable bonds is 15. The van der Waals surface area contributed by atoms with Gasteiger partial charge in [-0.1, -0.05) is 6.08 Å². The normalized spacial score (nSPS) is 51.6. The zero-order valence-corrected chi connectivity index (χ0v) is 40.6. The Hall–Kier alpha value is -1.79. The maximum atomic E-state index is 13.2. The second kappa shape index (κ2) is 25.6. The zero-order chi connectivity index (χ0) is 53.3. The number of carbonyl (C=O) groups is 1. The molecule has 8 aliphatic rings. The van der Waals surface area contributed by atoms with E-state index in [0.29, 0.717) is 32.1 Å². The highest BCUT2D eigenvalue weighted by molar-refractivity contribution is 5.81. The van der Waals surface area contributed by atoms with Crippen molar-refractivity contribution in [2.45, 2.75) is 230 Å². The summed E-state index contributed by atoms with van der Waals surface area (Å²) in [5.41, 5.74) is 0. The lowest BCUT2D eigenvalue weighted by Gasteiger charge is -2.50. The predicted molar refractivity (Wildman–Crippen MR) is 240 cm³/mol. The van der Waals surface area contributed by atoms with Gasteiger partial charge in [0, 0.05) is 24.8 Å². The Morgan fingerprint density at radius 1 is 0.527 bits per heavy atom. The summed E-state index contributed by atoms with van der Waals surface area (Å²) in [5, 5.41) is 169. The fourth-order valence-corrected chi connectivity index (χ4v) is 11.7. The van der Waals surface area contributed by atoms with E-state index < -0.39 is 210 Å². The largest absolute Gasteiger partial charge is 0.460 e. The maximum Gasteiger partial charge on any atom is 0.330 e. The van der Waals surface area contributed by atoms with E-state index in [2.05, 4.69) is 0 Å². The van der Waals surface area contributed by atoms with E-state index >= 15 is 0 Å². The minimum Gasteiger partial charge on any atom is -0.460 e. The first-order valence-corrected chi connectivity index (χ1v) is 25.8. The van der Waals surface area contributed by atoms with E-state index in [1.165, 1.54) is 6.08 Å². The van der Waals surface area contributed by atoms with Crippen LogP contribution in [0.15, 0.2) is 12.2 Å². The highest BCUT2D eigenvalue weighted by Crippen LogP contribution is 2.44. The summed E-state index contributed by atoms with van der Waals surface area (Å²) in [5.74, 6) is -2.01. The van der Waals surface area contributed by atoms with Gasteiger partial charge in [-0.05, 0) is 57.3 Å². The predicted octanol–water partition coefficient (Wildman–Crippen LogP) is -7.74. The standard InChI is InChI=1S/C47H76O27/c48-13-28-33(56)36(59)40(63)45(71-28)67-20-5-1-17(2-6-20)3-8-31(54)65-16-30-35(58)38(61)43(74-44-39(62)32(55)24(53)15-66-44)47(73-30)70-27-12-21-25(68-42(27)18-4-7-22(51)23(52)9-18)10-19(50)11-26(21)69-46-41(64)37(60)34(57)29(14-49)72-46/h3,8,17-30,32-53,55-64H,1-2,4-7,9-16H2/p+1/t17?,18?,19?,20?,21?,22?,23?,24-,25?,26?,27?,28-,29-,30-,32+,33-,34-,35-,36+,37+,38+,39-,40-,41-,42?,43-,44+,45-,46-,47-/m1/s1. The number of aliphatic hydroxyl groups excluding tert-OH is 16. The number of esters is 1. The number of hydrogen-bond donors (Lipinski definition) is 16. The fraction of sp³-hybridized carbons (Fsp3) is 0.936. The van der Waals surface area contributed by atoms with Crippen molar-refractivity contribution in [3.63, 3.8) is 0 Å². The van der Waals surface area contributed by atoms with Crippen LogP contribution in [0.25, 0.3) is 0 Å². The Morgan fingerprint density at radius 3 is 1.76 bits per heavy atom.